The minimum absolute atomic E-state index is 0.0264. The highest BCUT2D eigenvalue weighted by Crippen LogP contribution is 2.33. The zero-order valence-electron chi connectivity index (χ0n) is 10.8. The Labute approximate surface area is 107 Å². The van der Waals surface area contributed by atoms with Gasteiger partial charge in [-0.3, -0.25) is 4.79 Å². The Kier molecular flexibility index (Phi) is 3.52. The third kappa shape index (κ3) is 2.68. The van der Waals surface area contributed by atoms with E-state index in [0.29, 0.717) is 12.5 Å². The molecule has 0 N–H and O–H groups in total. The summed E-state index contributed by atoms with van der Waals surface area (Å²) in [5.41, 5.74) is 2.88. The number of aromatic nitrogens is 1. The van der Waals surface area contributed by atoms with E-state index in [-0.39, 0.29) is 11.4 Å². The minimum atomic E-state index is 0.0264. The lowest BCUT2D eigenvalue weighted by molar-refractivity contribution is -0.136. The van der Waals surface area contributed by atoms with E-state index in [1.807, 2.05) is 10.9 Å². The number of hydrogen-bond acceptors (Lipinski definition) is 3. The van der Waals surface area contributed by atoms with Crippen LogP contribution < -0.4 is 0 Å². The molecule has 0 saturated carbocycles. The molecule has 4 heteroatoms. The van der Waals surface area contributed by atoms with E-state index in [1.165, 1.54) is 0 Å². The minimum Gasteiger partial charge on any atom is -0.335 e. The molecule has 3 nitrogen and oxygen atoms in total. The fourth-order valence-corrected chi connectivity index (χ4v) is 3.30. The Hall–Kier alpha value is -0.900. The first-order valence-corrected chi connectivity index (χ1v) is 7.14. The molecule has 2 rings (SSSR count). The summed E-state index contributed by atoms with van der Waals surface area (Å²) in [4.78, 5) is 18.6. The second kappa shape index (κ2) is 4.77. The van der Waals surface area contributed by atoms with Crippen molar-refractivity contribution in [1.29, 1.82) is 0 Å². The van der Waals surface area contributed by atoms with Gasteiger partial charge in [-0.25, -0.2) is 4.98 Å². The number of likely N-dealkylation sites (tertiary alicyclic amines) is 1. The number of carbonyl (C=O) groups excluding carboxylic acids is 1. The van der Waals surface area contributed by atoms with Gasteiger partial charge in [-0.1, -0.05) is 0 Å². The molecular weight excluding hydrogens is 232 g/mol. The average Bonchev–Trinajstić information content (AvgIpc) is 2.84. The van der Waals surface area contributed by atoms with Gasteiger partial charge >= 0.3 is 0 Å². The molecule has 1 aromatic heterocycles. The summed E-state index contributed by atoms with van der Waals surface area (Å²) in [6.07, 6.45) is 3.57. The Bertz CT molecular complexity index is 386. The van der Waals surface area contributed by atoms with Crippen LogP contribution >= 0.6 is 11.3 Å². The van der Waals surface area contributed by atoms with Gasteiger partial charge in [0.1, 0.15) is 0 Å². The fraction of sp³-hybridized carbons (Fsp3) is 0.692. The van der Waals surface area contributed by atoms with Crippen molar-refractivity contribution in [3.8, 4) is 0 Å². The lowest BCUT2D eigenvalue weighted by atomic mass is 10.0. The van der Waals surface area contributed by atoms with Crippen LogP contribution in [0.15, 0.2) is 10.9 Å². The van der Waals surface area contributed by atoms with Crippen molar-refractivity contribution in [2.24, 2.45) is 0 Å². The highest BCUT2D eigenvalue weighted by atomic mass is 32.1. The van der Waals surface area contributed by atoms with Crippen LogP contribution in [0, 0.1) is 0 Å². The van der Waals surface area contributed by atoms with Crippen molar-refractivity contribution in [3.05, 3.63) is 16.6 Å². The number of carbonyl (C=O) groups is 1. The number of amides is 1. The third-order valence-electron chi connectivity index (χ3n) is 3.61. The maximum absolute atomic E-state index is 12.3. The van der Waals surface area contributed by atoms with Crippen LogP contribution in [0.4, 0.5) is 0 Å². The van der Waals surface area contributed by atoms with Crippen molar-refractivity contribution in [2.45, 2.75) is 58.0 Å². The van der Waals surface area contributed by atoms with E-state index in [9.17, 15) is 4.79 Å². The molecule has 0 spiro atoms. The molecular formula is C13H20N2OS. The van der Waals surface area contributed by atoms with Gasteiger partial charge in [-0.05, 0) is 40.0 Å². The molecule has 1 aliphatic heterocycles. The molecule has 0 aromatic carbocycles. The van der Waals surface area contributed by atoms with Gasteiger partial charge in [0.25, 0.3) is 0 Å². The third-order valence-corrected chi connectivity index (χ3v) is 4.25. The molecule has 0 bridgehead atoms. The molecule has 0 aliphatic carbocycles. The Morgan fingerprint density at radius 2 is 2.41 bits per heavy atom. The van der Waals surface area contributed by atoms with Crippen molar-refractivity contribution in [2.75, 3.05) is 0 Å². The van der Waals surface area contributed by atoms with Gasteiger partial charge in [0.15, 0.2) is 0 Å². The average molecular weight is 252 g/mol. The van der Waals surface area contributed by atoms with E-state index in [2.05, 4.69) is 30.7 Å². The molecule has 1 fully saturated rings. The summed E-state index contributed by atoms with van der Waals surface area (Å²) in [6.45, 7) is 6.48. The molecule has 94 valence electrons. The molecule has 1 aromatic rings. The number of hydrogen-bond donors (Lipinski definition) is 0. The lowest BCUT2D eigenvalue weighted by Gasteiger charge is -2.34. The molecule has 1 amide bonds. The zero-order valence-corrected chi connectivity index (χ0v) is 11.6. The Morgan fingerprint density at radius 1 is 1.65 bits per heavy atom. The molecule has 1 saturated heterocycles. The maximum Gasteiger partial charge on any atom is 0.223 e. The normalized spacial score (nSPS) is 23.0. The van der Waals surface area contributed by atoms with E-state index >= 15 is 0 Å². The first-order valence-electron chi connectivity index (χ1n) is 6.20. The molecule has 1 unspecified atom stereocenters. The van der Waals surface area contributed by atoms with Gasteiger partial charge in [0, 0.05) is 23.4 Å². The van der Waals surface area contributed by atoms with E-state index in [1.54, 1.807) is 11.3 Å². The fourth-order valence-electron chi connectivity index (χ4n) is 2.71. The zero-order chi connectivity index (χ0) is 12.5. The first-order chi connectivity index (χ1) is 8.00. The van der Waals surface area contributed by atoms with Crippen molar-refractivity contribution < 1.29 is 4.79 Å². The van der Waals surface area contributed by atoms with Crippen molar-refractivity contribution in [3.63, 3.8) is 0 Å². The molecule has 1 atom stereocenters. The second-order valence-electron chi connectivity index (χ2n) is 5.44. The summed E-state index contributed by atoms with van der Waals surface area (Å²) >= 11 is 1.59. The summed E-state index contributed by atoms with van der Waals surface area (Å²) in [7, 11) is 0. The van der Waals surface area contributed by atoms with Crippen molar-refractivity contribution >= 4 is 17.2 Å². The van der Waals surface area contributed by atoms with Gasteiger partial charge in [-0.15, -0.1) is 11.3 Å². The van der Waals surface area contributed by atoms with Crippen LogP contribution in [0.25, 0.3) is 0 Å². The SMILES string of the molecule is CC1CCC(C)(C)N1C(=O)CCc1cscn1. The predicted octanol–water partition coefficient (Wildman–Crippen LogP) is 2.87. The largest absolute Gasteiger partial charge is 0.335 e. The van der Waals surface area contributed by atoms with Crippen LogP contribution in [-0.2, 0) is 11.2 Å². The highest BCUT2D eigenvalue weighted by molar-refractivity contribution is 7.07. The predicted molar refractivity (Wildman–Crippen MR) is 70.1 cm³/mol. The summed E-state index contributed by atoms with van der Waals surface area (Å²) < 4.78 is 0. The van der Waals surface area contributed by atoms with Gasteiger partial charge in [0.05, 0.1) is 11.2 Å². The molecule has 17 heavy (non-hydrogen) atoms. The smallest absolute Gasteiger partial charge is 0.223 e. The molecule has 2 heterocycles. The summed E-state index contributed by atoms with van der Waals surface area (Å²) in [6, 6.07) is 0.382. The van der Waals surface area contributed by atoms with Gasteiger partial charge in [-0.2, -0.15) is 0 Å². The quantitative estimate of drug-likeness (QED) is 0.828. The monoisotopic (exact) mass is 252 g/mol. The number of thiazole rings is 1. The highest BCUT2D eigenvalue weighted by Gasteiger charge is 2.39. The number of rotatable bonds is 3. The van der Waals surface area contributed by atoms with E-state index < -0.39 is 0 Å². The molecule has 1 aliphatic rings. The van der Waals surface area contributed by atoms with Crippen LogP contribution in [0.2, 0.25) is 0 Å². The summed E-state index contributed by atoms with van der Waals surface area (Å²) in [5, 5.41) is 2.02. The summed E-state index contributed by atoms with van der Waals surface area (Å²) in [5.74, 6) is 0.271. The topological polar surface area (TPSA) is 33.2 Å². The Balaban J connectivity index is 1.95. The maximum atomic E-state index is 12.3. The van der Waals surface area contributed by atoms with Gasteiger partial charge in [0.2, 0.25) is 5.91 Å². The van der Waals surface area contributed by atoms with Gasteiger partial charge < -0.3 is 4.90 Å². The van der Waals surface area contributed by atoms with Crippen LogP contribution in [0.3, 0.4) is 0 Å². The van der Waals surface area contributed by atoms with Crippen LogP contribution in [0.5, 0.6) is 0 Å². The number of nitrogens with zero attached hydrogens (tertiary/aromatic N) is 2. The standard InChI is InChI=1S/C13H20N2OS/c1-10-6-7-13(2,3)15(10)12(16)5-4-11-8-17-9-14-11/h8-10H,4-7H2,1-3H3. The lowest BCUT2D eigenvalue weighted by Crippen LogP contribution is -2.46. The van der Waals surface area contributed by atoms with E-state index in [4.69, 9.17) is 0 Å². The van der Waals surface area contributed by atoms with Crippen molar-refractivity contribution in [1.82, 2.24) is 9.88 Å². The van der Waals surface area contributed by atoms with Crippen LogP contribution in [0.1, 0.15) is 45.7 Å². The first kappa shape index (κ1) is 12.6. The number of aryl methyl sites for hydroxylation is 1. The van der Waals surface area contributed by atoms with E-state index in [0.717, 1.165) is 25.0 Å². The molecule has 0 radical (unpaired) electrons. The Morgan fingerprint density at radius 3 is 2.94 bits per heavy atom. The second-order valence-corrected chi connectivity index (χ2v) is 6.16. The van der Waals surface area contributed by atoms with Crippen LogP contribution in [-0.4, -0.2) is 27.4 Å².